The summed E-state index contributed by atoms with van der Waals surface area (Å²) in [6.07, 6.45) is 1.43. The van der Waals surface area contributed by atoms with Crippen LogP contribution in [-0.2, 0) is 0 Å². The van der Waals surface area contributed by atoms with Crippen LogP contribution < -0.4 is 14.9 Å². The number of aromatic carboxylic acids is 1. The zero-order chi connectivity index (χ0) is 16.2. The summed E-state index contributed by atoms with van der Waals surface area (Å²) in [5, 5.41) is 12.6. The smallest absolute Gasteiger partial charge is 0.335 e. The Morgan fingerprint density at radius 2 is 1.74 bits per heavy atom. The van der Waals surface area contributed by atoms with Crippen LogP contribution in [0.5, 0.6) is 11.5 Å². The van der Waals surface area contributed by atoms with Gasteiger partial charge in [-0.2, -0.15) is 5.10 Å². The maximum absolute atomic E-state index is 12.0. The van der Waals surface area contributed by atoms with Crippen LogP contribution in [0.15, 0.2) is 47.6 Å². The predicted molar refractivity (Wildman–Crippen MR) is 81.0 cm³/mol. The van der Waals surface area contributed by atoms with E-state index in [1.807, 2.05) is 0 Å². The molecular formula is C16H12N2O5. The number of carbonyl (C=O) groups excluding carboxylic acids is 1. The maximum Gasteiger partial charge on any atom is 0.335 e. The van der Waals surface area contributed by atoms with Crippen LogP contribution in [0.4, 0.5) is 0 Å². The summed E-state index contributed by atoms with van der Waals surface area (Å²) < 4.78 is 10.4. The van der Waals surface area contributed by atoms with E-state index in [1.165, 1.54) is 18.3 Å². The third-order valence-electron chi connectivity index (χ3n) is 3.17. The molecule has 0 aliphatic carbocycles. The van der Waals surface area contributed by atoms with E-state index >= 15 is 0 Å². The first-order valence-electron chi connectivity index (χ1n) is 6.70. The molecule has 1 heterocycles. The van der Waals surface area contributed by atoms with Crippen molar-refractivity contribution in [2.24, 2.45) is 5.10 Å². The van der Waals surface area contributed by atoms with Crippen LogP contribution in [0.1, 0.15) is 26.3 Å². The third kappa shape index (κ3) is 3.29. The summed E-state index contributed by atoms with van der Waals surface area (Å²) in [7, 11) is 0. The first kappa shape index (κ1) is 14.6. The van der Waals surface area contributed by atoms with Crippen LogP contribution in [0.2, 0.25) is 0 Å². The molecule has 1 aliphatic heterocycles. The number of hydrogen-bond donors (Lipinski definition) is 2. The number of fused-ring (bicyclic) bond motifs is 1. The van der Waals surface area contributed by atoms with Gasteiger partial charge in [0.2, 0.25) is 6.79 Å². The Bertz CT molecular complexity index is 784. The molecule has 1 amide bonds. The van der Waals surface area contributed by atoms with E-state index < -0.39 is 5.97 Å². The molecule has 116 valence electrons. The number of amides is 1. The molecule has 0 saturated heterocycles. The van der Waals surface area contributed by atoms with E-state index in [2.05, 4.69) is 10.5 Å². The van der Waals surface area contributed by atoms with Gasteiger partial charge in [0.25, 0.3) is 5.91 Å². The van der Waals surface area contributed by atoms with Gasteiger partial charge in [-0.1, -0.05) is 12.1 Å². The predicted octanol–water partition coefficient (Wildman–Crippen LogP) is 1.88. The average Bonchev–Trinajstić information content (AvgIpc) is 3.02. The number of ether oxygens (including phenoxy) is 2. The monoisotopic (exact) mass is 312 g/mol. The minimum absolute atomic E-state index is 0.144. The fraction of sp³-hybridized carbons (Fsp3) is 0.0625. The first-order chi connectivity index (χ1) is 11.1. The number of nitrogens with one attached hydrogen (secondary N) is 1. The Morgan fingerprint density at radius 1 is 1.04 bits per heavy atom. The largest absolute Gasteiger partial charge is 0.478 e. The zero-order valence-corrected chi connectivity index (χ0v) is 11.9. The minimum Gasteiger partial charge on any atom is -0.478 e. The second-order valence-corrected chi connectivity index (χ2v) is 4.69. The number of hydrogen-bond acceptors (Lipinski definition) is 5. The fourth-order valence-corrected chi connectivity index (χ4v) is 1.98. The molecule has 7 nitrogen and oxygen atoms in total. The van der Waals surface area contributed by atoms with Gasteiger partial charge in [0.1, 0.15) is 0 Å². The van der Waals surface area contributed by atoms with E-state index in [0.717, 1.165) is 0 Å². The number of benzene rings is 2. The van der Waals surface area contributed by atoms with Crippen LogP contribution in [0, 0.1) is 0 Å². The number of hydrazone groups is 1. The van der Waals surface area contributed by atoms with E-state index in [0.29, 0.717) is 22.6 Å². The quantitative estimate of drug-likeness (QED) is 0.663. The Morgan fingerprint density at radius 3 is 2.48 bits per heavy atom. The topological polar surface area (TPSA) is 97.2 Å². The highest BCUT2D eigenvalue weighted by Gasteiger charge is 2.15. The molecule has 0 aromatic heterocycles. The van der Waals surface area contributed by atoms with E-state index in [4.69, 9.17) is 14.6 Å². The molecular weight excluding hydrogens is 300 g/mol. The van der Waals surface area contributed by atoms with Crippen molar-refractivity contribution in [3.05, 3.63) is 59.2 Å². The molecule has 0 radical (unpaired) electrons. The highest BCUT2D eigenvalue weighted by Crippen LogP contribution is 2.32. The van der Waals surface area contributed by atoms with Crippen molar-refractivity contribution in [2.45, 2.75) is 0 Å². The molecule has 7 heteroatoms. The number of carboxylic acids is 1. The third-order valence-corrected chi connectivity index (χ3v) is 3.17. The average molecular weight is 312 g/mol. The van der Waals surface area contributed by atoms with Crippen molar-refractivity contribution >= 4 is 18.1 Å². The summed E-state index contributed by atoms with van der Waals surface area (Å²) >= 11 is 0. The van der Waals surface area contributed by atoms with E-state index in [9.17, 15) is 9.59 Å². The molecule has 23 heavy (non-hydrogen) atoms. The summed E-state index contributed by atoms with van der Waals surface area (Å²) in [5.74, 6) is -0.263. The number of carboxylic acid groups (broad SMARTS) is 1. The van der Waals surface area contributed by atoms with Gasteiger partial charge in [0.15, 0.2) is 11.5 Å². The van der Waals surface area contributed by atoms with Gasteiger partial charge in [0, 0.05) is 5.56 Å². The molecule has 2 N–H and O–H groups in total. The van der Waals surface area contributed by atoms with Crippen LogP contribution in [-0.4, -0.2) is 30.0 Å². The highest BCUT2D eigenvalue weighted by atomic mass is 16.7. The lowest BCUT2D eigenvalue weighted by Gasteiger charge is -2.01. The van der Waals surface area contributed by atoms with Crippen molar-refractivity contribution in [3.63, 3.8) is 0 Å². The Kier molecular flexibility index (Phi) is 3.92. The van der Waals surface area contributed by atoms with Gasteiger partial charge in [-0.25, -0.2) is 10.2 Å². The standard InChI is InChI=1S/C16H12N2O5/c19-15(12-5-6-13-14(7-12)23-9-22-13)18-17-8-10-1-3-11(4-2-10)16(20)21/h1-8H,9H2,(H,18,19)(H,20,21)/b17-8-. The van der Waals surface area contributed by atoms with Gasteiger partial charge < -0.3 is 14.6 Å². The molecule has 0 saturated carbocycles. The molecule has 0 fully saturated rings. The summed E-state index contributed by atoms with van der Waals surface area (Å²) in [6.45, 7) is 0.144. The van der Waals surface area contributed by atoms with Crippen LogP contribution >= 0.6 is 0 Å². The lowest BCUT2D eigenvalue weighted by Crippen LogP contribution is -2.17. The lowest BCUT2D eigenvalue weighted by atomic mass is 10.1. The second-order valence-electron chi connectivity index (χ2n) is 4.69. The number of rotatable bonds is 4. The van der Waals surface area contributed by atoms with Crippen molar-refractivity contribution in [2.75, 3.05) is 6.79 Å². The van der Waals surface area contributed by atoms with Crippen molar-refractivity contribution < 1.29 is 24.2 Å². The Hall–Kier alpha value is -3.35. The van der Waals surface area contributed by atoms with E-state index in [-0.39, 0.29) is 18.3 Å². The minimum atomic E-state index is -0.996. The zero-order valence-electron chi connectivity index (χ0n) is 11.9. The Balaban J connectivity index is 1.63. The van der Waals surface area contributed by atoms with Gasteiger partial charge >= 0.3 is 5.97 Å². The summed E-state index contributed by atoms with van der Waals surface area (Å²) in [4.78, 5) is 22.7. The second kappa shape index (κ2) is 6.18. The highest BCUT2D eigenvalue weighted by molar-refractivity contribution is 5.95. The van der Waals surface area contributed by atoms with Gasteiger partial charge in [-0.3, -0.25) is 4.79 Å². The fourth-order valence-electron chi connectivity index (χ4n) is 1.98. The first-order valence-corrected chi connectivity index (χ1v) is 6.70. The molecule has 0 spiro atoms. The van der Waals surface area contributed by atoms with Crippen molar-refractivity contribution in [3.8, 4) is 11.5 Å². The SMILES string of the molecule is O=C(O)c1ccc(/C=N\NC(=O)c2ccc3c(c2)OCO3)cc1. The van der Waals surface area contributed by atoms with Gasteiger partial charge in [-0.15, -0.1) is 0 Å². The van der Waals surface area contributed by atoms with Crippen molar-refractivity contribution in [1.29, 1.82) is 0 Å². The normalized spacial score (nSPS) is 12.3. The molecule has 0 atom stereocenters. The van der Waals surface area contributed by atoms with Crippen LogP contribution in [0.3, 0.4) is 0 Å². The lowest BCUT2D eigenvalue weighted by molar-refractivity contribution is 0.0696. The van der Waals surface area contributed by atoms with Gasteiger partial charge in [0.05, 0.1) is 11.8 Å². The number of nitrogens with zero attached hydrogens (tertiary/aromatic N) is 1. The molecule has 1 aliphatic rings. The van der Waals surface area contributed by atoms with Gasteiger partial charge in [-0.05, 0) is 35.9 Å². The maximum atomic E-state index is 12.0. The Labute approximate surface area is 131 Å². The van der Waals surface area contributed by atoms with Crippen LogP contribution in [0.25, 0.3) is 0 Å². The number of carbonyl (C=O) groups is 2. The molecule has 2 aromatic carbocycles. The summed E-state index contributed by atoms with van der Waals surface area (Å²) in [5.41, 5.74) is 3.64. The summed E-state index contributed by atoms with van der Waals surface area (Å²) in [6, 6.07) is 11.0. The molecule has 0 bridgehead atoms. The van der Waals surface area contributed by atoms with E-state index in [1.54, 1.807) is 30.3 Å². The van der Waals surface area contributed by atoms with Crippen molar-refractivity contribution in [1.82, 2.24) is 5.43 Å². The molecule has 2 aromatic rings. The molecule has 0 unspecified atom stereocenters. The molecule has 3 rings (SSSR count).